The van der Waals surface area contributed by atoms with Gasteiger partial charge in [0, 0.05) is 6.92 Å². The highest BCUT2D eigenvalue weighted by atomic mass is 16.8. The SMILES string of the molecule is CC(=O)O[C@@H]1[C@H](O[C@@H]2O[C@@H](C)[C@H](O)[C@@H](O)[C@H]2O)[C@@H](O[C@@H]2O[C@@H](C)[C@H](O)[C@@H](O)[C@H]2O)[C@H](OC(=O)[C@]23CCC(C)(C)C[C@H]2C2=CC[C@@H]4[C@@]5(C)C[C@H](O)[C@H](O[C@@H]6O[C@H](C(=O)O)[C@@H](O)[C@H](O)[C@H]6O[C@@H]6O[C@@H](C)[C@H](O)[C@@H](O)[C@H]6O)[C@@](C)(C(=O)O)[C@@H]5CC[C@@]4(C)[C@]2(C)C[C@H]3O)O[C@@H]1C. The Balaban J connectivity index is 0.978. The number of carboxylic acids is 2. The highest BCUT2D eigenvalue weighted by Gasteiger charge is 2.75. The van der Waals surface area contributed by atoms with Crippen LogP contribution in [0.4, 0.5) is 0 Å². The van der Waals surface area contributed by atoms with E-state index in [1.807, 2.05) is 33.8 Å². The maximum Gasteiger partial charge on any atom is 0.335 e. The fourth-order valence-electron chi connectivity index (χ4n) is 18.2. The summed E-state index contributed by atoms with van der Waals surface area (Å²) >= 11 is 0. The van der Waals surface area contributed by atoms with Gasteiger partial charge in [0.15, 0.2) is 43.5 Å². The molecular weight excluding hydrogens is 1220 g/mol. The van der Waals surface area contributed by atoms with Crippen LogP contribution in [0.15, 0.2) is 11.6 Å². The fraction of sp³-hybridized carbons (Fsp3) is 0.903. The van der Waals surface area contributed by atoms with Crippen LogP contribution in [0.1, 0.15) is 128 Å². The summed E-state index contributed by atoms with van der Waals surface area (Å²) in [6.45, 7) is 18.2. The molecule has 5 aliphatic carbocycles. The van der Waals surface area contributed by atoms with Gasteiger partial charge in [-0.3, -0.25) is 14.4 Å². The number of hydrogen-bond acceptors (Lipinski definition) is 28. The molecule has 524 valence electrons. The molecule has 10 rings (SSSR count). The molecule has 0 unspecified atom stereocenters. The molecule has 92 heavy (non-hydrogen) atoms. The second-order valence-electron chi connectivity index (χ2n) is 29.7. The van der Waals surface area contributed by atoms with E-state index < -0.39 is 246 Å². The molecule has 9 fully saturated rings. The topological polar surface area (TPSA) is 473 Å². The Morgan fingerprint density at radius 1 is 0.500 bits per heavy atom. The van der Waals surface area contributed by atoms with E-state index in [4.69, 9.17) is 52.1 Å². The Morgan fingerprint density at radius 2 is 1.01 bits per heavy atom. The van der Waals surface area contributed by atoms with Crippen LogP contribution in [0.2, 0.25) is 0 Å². The van der Waals surface area contributed by atoms with Gasteiger partial charge >= 0.3 is 23.9 Å². The van der Waals surface area contributed by atoms with Crippen molar-refractivity contribution in [2.75, 3.05) is 0 Å². The minimum absolute atomic E-state index is 0.0395. The molecule has 0 radical (unpaired) electrons. The van der Waals surface area contributed by atoms with Crippen molar-refractivity contribution in [1.82, 2.24) is 0 Å². The summed E-state index contributed by atoms with van der Waals surface area (Å²) in [5.74, 6) is -6.97. The minimum atomic E-state index is -2.18. The minimum Gasteiger partial charge on any atom is -0.481 e. The molecule has 5 aliphatic heterocycles. The molecule has 0 aromatic rings. The number of carbonyl (C=O) groups excluding carboxylic acids is 2. The van der Waals surface area contributed by atoms with Gasteiger partial charge in [0.05, 0.1) is 42.0 Å². The lowest BCUT2D eigenvalue weighted by molar-refractivity contribution is -0.384. The second-order valence-corrected chi connectivity index (χ2v) is 29.7. The van der Waals surface area contributed by atoms with Gasteiger partial charge in [0.25, 0.3) is 0 Å². The van der Waals surface area contributed by atoms with Crippen LogP contribution in [0.3, 0.4) is 0 Å². The summed E-state index contributed by atoms with van der Waals surface area (Å²) < 4.78 is 66.7. The van der Waals surface area contributed by atoms with Crippen LogP contribution in [-0.4, -0.2) is 272 Å². The van der Waals surface area contributed by atoms with Crippen LogP contribution < -0.4 is 0 Å². The quantitative estimate of drug-likeness (QED) is 0.0518. The molecule has 30 heteroatoms. The Bertz CT molecular complexity index is 2750. The first-order chi connectivity index (χ1) is 42.7. The fourth-order valence-corrected chi connectivity index (χ4v) is 18.2. The number of fused-ring (bicyclic) bond motifs is 7. The van der Waals surface area contributed by atoms with E-state index in [9.17, 15) is 91.0 Å². The Hall–Kier alpha value is -3.26. The average Bonchev–Trinajstić information content (AvgIpc) is 0.670. The van der Waals surface area contributed by atoms with Crippen LogP contribution in [0.5, 0.6) is 0 Å². The van der Waals surface area contributed by atoms with Gasteiger partial charge in [0.1, 0.15) is 90.9 Å². The number of esters is 2. The highest BCUT2D eigenvalue weighted by molar-refractivity contribution is 5.80. The van der Waals surface area contributed by atoms with E-state index in [1.54, 1.807) is 0 Å². The van der Waals surface area contributed by atoms with Crippen molar-refractivity contribution in [3.05, 3.63) is 11.6 Å². The number of aliphatic hydroxyl groups excluding tert-OH is 13. The van der Waals surface area contributed by atoms with Crippen molar-refractivity contribution in [3.63, 3.8) is 0 Å². The molecule has 4 saturated carbocycles. The third-order valence-electron chi connectivity index (χ3n) is 23.7. The molecule has 0 aromatic heterocycles. The normalized spacial score (nSPS) is 54.2. The number of aliphatic carboxylic acids is 2. The molecule has 30 nitrogen and oxygen atoms in total. The first-order valence-electron chi connectivity index (χ1n) is 32.0. The maximum atomic E-state index is 16.0. The summed E-state index contributed by atoms with van der Waals surface area (Å²) in [6, 6.07) is 0. The Kier molecular flexibility index (Phi) is 19.9. The van der Waals surface area contributed by atoms with E-state index in [0.717, 1.165) is 12.5 Å². The summed E-state index contributed by atoms with van der Waals surface area (Å²) in [4.78, 5) is 55.5. The van der Waals surface area contributed by atoms with E-state index >= 15 is 4.79 Å². The first-order valence-corrected chi connectivity index (χ1v) is 32.0. The standard InChI is InChI=1S/C62H96O30/c1-21-32(66)35(69)40(74)50(82-21)88-45-39(73)38(72)44(49(77)78)87-53(45)91-48-28(64)19-58(8)29-13-12-26-27-18-57(6,7)16-17-62(27,31(65)20-60(26,10)59(29,9)15-14-30(58)61(48,11)55(79)80)56(81)92-54-47(90-52-42(76)37(71)34(68)23(3)84-52)46(43(24(4)85-54)86-25(5)63)89-51-41(75)36(70)33(67)22(2)83-51/h12,21-24,27-48,50-54,64-76H,13-20H2,1-11H3,(H,77,78)(H,79,80)/t21-,22-,23-,24+,27-,28-,29+,30+,31+,32-,33-,34-,35+,36+,37+,38-,39-,40+,41+,42+,43-,44-,45+,46-,47+,48-,50-,51-,52-,53-,54-,58+,59+,60+,61-,62+/m0/s1. The number of allylic oxidation sites excluding steroid dienone is 2. The van der Waals surface area contributed by atoms with Crippen molar-refractivity contribution in [1.29, 1.82) is 0 Å². The number of hydrogen-bond donors (Lipinski definition) is 15. The van der Waals surface area contributed by atoms with Gasteiger partial charge in [-0.1, -0.05) is 46.3 Å². The third kappa shape index (κ3) is 11.6. The van der Waals surface area contributed by atoms with Gasteiger partial charge in [-0.05, 0) is 125 Å². The predicted molar refractivity (Wildman–Crippen MR) is 305 cm³/mol. The molecular formula is C62H96O30. The predicted octanol–water partition coefficient (Wildman–Crippen LogP) is -2.43. The van der Waals surface area contributed by atoms with Crippen LogP contribution in [-0.2, 0) is 71.3 Å². The van der Waals surface area contributed by atoms with E-state index in [2.05, 4.69) is 6.92 Å². The number of ether oxygens (including phenoxy) is 11. The Labute approximate surface area is 531 Å². The largest absolute Gasteiger partial charge is 0.481 e. The van der Waals surface area contributed by atoms with Crippen molar-refractivity contribution in [3.8, 4) is 0 Å². The van der Waals surface area contributed by atoms with Gasteiger partial charge in [-0.25, -0.2) is 4.79 Å². The lowest BCUT2D eigenvalue weighted by Gasteiger charge is -2.71. The zero-order valence-electron chi connectivity index (χ0n) is 53.5. The van der Waals surface area contributed by atoms with E-state index in [0.29, 0.717) is 19.3 Å². The third-order valence-corrected chi connectivity index (χ3v) is 23.7. The molecule has 0 bridgehead atoms. The molecule has 5 heterocycles. The molecule has 36 atom stereocenters. The van der Waals surface area contributed by atoms with Crippen molar-refractivity contribution >= 4 is 23.9 Å². The summed E-state index contributed by atoms with van der Waals surface area (Å²) in [6.07, 6.45) is -45.0. The zero-order chi connectivity index (χ0) is 67.9. The van der Waals surface area contributed by atoms with Crippen LogP contribution in [0, 0.1) is 50.2 Å². The zero-order valence-corrected chi connectivity index (χ0v) is 53.5. The van der Waals surface area contributed by atoms with Gasteiger partial charge < -0.3 is 129 Å². The summed E-state index contributed by atoms with van der Waals surface area (Å²) in [7, 11) is 0. The summed E-state index contributed by atoms with van der Waals surface area (Å²) in [5, 5.41) is 167. The molecule has 5 saturated heterocycles. The second kappa shape index (κ2) is 25.5. The molecule has 15 N–H and O–H groups in total. The number of carbonyl (C=O) groups is 4. The molecule has 0 spiro atoms. The van der Waals surface area contributed by atoms with E-state index in [1.165, 1.54) is 34.6 Å². The number of carboxylic acid groups (broad SMARTS) is 2. The van der Waals surface area contributed by atoms with Gasteiger partial charge in [-0.15, -0.1) is 0 Å². The average molecular weight is 1320 g/mol. The van der Waals surface area contributed by atoms with Crippen molar-refractivity contribution < 1.29 is 148 Å². The molecule has 0 aromatic carbocycles. The number of aliphatic hydroxyl groups is 13. The van der Waals surface area contributed by atoms with Gasteiger partial charge in [-0.2, -0.15) is 0 Å². The maximum absolute atomic E-state index is 16.0. The highest BCUT2D eigenvalue weighted by Crippen LogP contribution is 2.76. The van der Waals surface area contributed by atoms with E-state index in [-0.39, 0.29) is 32.1 Å². The molecule has 0 amide bonds. The number of rotatable bonds is 13. The molecule has 10 aliphatic rings. The van der Waals surface area contributed by atoms with Gasteiger partial charge in [0.2, 0.25) is 6.29 Å². The summed E-state index contributed by atoms with van der Waals surface area (Å²) in [5.41, 5.74) is -6.19. The van der Waals surface area contributed by atoms with Crippen molar-refractivity contribution in [2.24, 2.45) is 50.2 Å². The lowest BCUT2D eigenvalue weighted by Crippen LogP contribution is -2.71. The van der Waals surface area contributed by atoms with Crippen molar-refractivity contribution in [2.45, 2.75) is 299 Å². The smallest absolute Gasteiger partial charge is 0.335 e. The van der Waals surface area contributed by atoms with Crippen LogP contribution >= 0.6 is 0 Å². The van der Waals surface area contributed by atoms with Crippen LogP contribution in [0.25, 0.3) is 0 Å². The lowest BCUT2D eigenvalue weighted by atomic mass is 9.33. The Morgan fingerprint density at radius 3 is 1.52 bits per heavy atom. The first kappa shape index (κ1) is 71.5. The monoisotopic (exact) mass is 1320 g/mol.